The Bertz CT molecular complexity index is 290. The molecule has 0 aromatic carbocycles. The third kappa shape index (κ3) is 8.14. The maximum Gasteiger partial charge on any atom is 0.303 e. The van der Waals surface area contributed by atoms with Crippen molar-refractivity contribution in [2.45, 2.75) is 45.4 Å². The number of carbonyl (C=O) groups excluding carboxylic acids is 1. The number of carbonyl (C=O) groups is 2. The fourth-order valence-corrected chi connectivity index (χ4v) is 3.46. The summed E-state index contributed by atoms with van der Waals surface area (Å²) < 4.78 is 0. The second-order valence-electron chi connectivity index (χ2n) is 5.44. The Morgan fingerprint density at radius 1 is 1.32 bits per heavy atom. The molecule has 1 atom stereocenters. The molecule has 1 heterocycles. The van der Waals surface area contributed by atoms with Gasteiger partial charge in [-0.05, 0) is 49.0 Å². The number of aliphatic carboxylic acids is 1. The highest BCUT2D eigenvalue weighted by molar-refractivity contribution is 7.99. The molecule has 1 unspecified atom stereocenters. The molecule has 1 aliphatic rings. The predicted octanol–water partition coefficient (Wildman–Crippen LogP) is 2.53. The van der Waals surface area contributed by atoms with E-state index in [1.165, 1.54) is 11.5 Å². The highest BCUT2D eigenvalue weighted by Crippen LogP contribution is 2.25. The van der Waals surface area contributed by atoms with Crippen LogP contribution in [0.2, 0.25) is 0 Å². The van der Waals surface area contributed by atoms with Crippen molar-refractivity contribution in [3.8, 4) is 0 Å². The first-order valence-corrected chi connectivity index (χ1v) is 8.29. The van der Waals surface area contributed by atoms with E-state index in [1.54, 1.807) is 0 Å². The number of hydrogen-bond donors (Lipinski definition) is 2. The van der Waals surface area contributed by atoms with Crippen LogP contribution in [0.3, 0.4) is 0 Å². The standard InChI is InChI=1S/C14H25NO3S/c1-11(2-3-14(17)18)4-7-15-13(16)10-12-5-8-19-9-6-12/h11-12H,2-10H2,1H3,(H,15,16)(H,17,18). The van der Waals surface area contributed by atoms with Gasteiger partial charge in [0, 0.05) is 19.4 Å². The molecule has 1 rings (SSSR count). The summed E-state index contributed by atoms with van der Waals surface area (Å²) in [6, 6.07) is 0. The lowest BCUT2D eigenvalue weighted by atomic mass is 9.98. The van der Waals surface area contributed by atoms with Crippen LogP contribution in [0.4, 0.5) is 0 Å². The van der Waals surface area contributed by atoms with Gasteiger partial charge in [-0.2, -0.15) is 11.8 Å². The van der Waals surface area contributed by atoms with E-state index in [1.807, 2.05) is 18.7 Å². The number of hydrogen-bond acceptors (Lipinski definition) is 3. The molecule has 1 amide bonds. The molecule has 4 nitrogen and oxygen atoms in total. The quantitative estimate of drug-likeness (QED) is 0.720. The number of thioether (sulfide) groups is 1. The fourth-order valence-electron chi connectivity index (χ4n) is 2.26. The van der Waals surface area contributed by atoms with Gasteiger partial charge in [0.25, 0.3) is 0 Å². The molecule has 0 bridgehead atoms. The number of carboxylic acid groups (broad SMARTS) is 1. The maximum absolute atomic E-state index is 11.7. The SMILES string of the molecule is CC(CCNC(=O)CC1CCSCC1)CCC(=O)O. The van der Waals surface area contributed by atoms with E-state index in [4.69, 9.17) is 5.11 Å². The Morgan fingerprint density at radius 3 is 2.63 bits per heavy atom. The second-order valence-corrected chi connectivity index (χ2v) is 6.66. The lowest BCUT2D eigenvalue weighted by Crippen LogP contribution is -2.28. The summed E-state index contributed by atoms with van der Waals surface area (Å²) in [5.41, 5.74) is 0. The summed E-state index contributed by atoms with van der Waals surface area (Å²) in [4.78, 5) is 22.2. The van der Waals surface area contributed by atoms with Crippen molar-refractivity contribution in [3.63, 3.8) is 0 Å². The zero-order valence-electron chi connectivity index (χ0n) is 11.7. The van der Waals surface area contributed by atoms with Gasteiger partial charge in [0.1, 0.15) is 0 Å². The van der Waals surface area contributed by atoms with Crippen molar-refractivity contribution in [3.05, 3.63) is 0 Å². The lowest BCUT2D eigenvalue weighted by molar-refractivity contribution is -0.137. The molecular formula is C14H25NO3S. The molecule has 1 saturated heterocycles. The topological polar surface area (TPSA) is 66.4 Å². The molecule has 1 fully saturated rings. The predicted molar refractivity (Wildman–Crippen MR) is 78.3 cm³/mol. The van der Waals surface area contributed by atoms with Gasteiger partial charge >= 0.3 is 5.97 Å². The van der Waals surface area contributed by atoms with Crippen LogP contribution in [-0.2, 0) is 9.59 Å². The molecule has 110 valence electrons. The summed E-state index contributed by atoms with van der Waals surface area (Å²) in [5.74, 6) is 2.69. The average Bonchev–Trinajstić information content (AvgIpc) is 2.37. The van der Waals surface area contributed by atoms with Crippen molar-refractivity contribution in [2.24, 2.45) is 11.8 Å². The first kappa shape index (κ1) is 16.3. The third-order valence-electron chi connectivity index (χ3n) is 3.63. The monoisotopic (exact) mass is 287 g/mol. The van der Waals surface area contributed by atoms with Crippen molar-refractivity contribution < 1.29 is 14.7 Å². The molecule has 0 saturated carbocycles. The normalized spacial score (nSPS) is 17.9. The third-order valence-corrected chi connectivity index (χ3v) is 4.67. The first-order valence-electron chi connectivity index (χ1n) is 7.14. The van der Waals surface area contributed by atoms with Crippen LogP contribution in [0.15, 0.2) is 0 Å². The zero-order valence-corrected chi connectivity index (χ0v) is 12.5. The van der Waals surface area contributed by atoms with Gasteiger partial charge < -0.3 is 10.4 Å². The summed E-state index contributed by atoms with van der Waals surface area (Å²) in [6.45, 7) is 2.70. The van der Waals surface area contributed by atoms with Crippen LogP contribution in [0.25, 0.3) is 0 Å². The van der Waals surface area contributed by atoms with E-state index in [2.05, 4.69) is 5.32 Å². The molecule has 2 N–H and O–H groups in total. The van der Waals surface area contributed by atoms with Gasteiger partial charge in [-0.1, -0.05) is 6.92 Å². The number of rotatable bonds is 8. The second kappa shape index (κ2) is 9.23. The largest absolute Gasteiger partial charge is 0.481 e. The van der Waals surface area contributed by atoms with E-state index < -0.39 is 5.97 Å². The molecule has 5 heteroatoms. The Morgan fingerprint density at radius 2 is 2.00 bits per heavy atom. The highest BCUT2D eigenvalue weighted by Gasteiger charge is 2.17. The van der Waals surface area contributed by atoms with Crippen LogP contribution >= 0.6 is 11.8 Å². The summed E-state index contributed by atoms with van der Waals surface area (Å²) in [7, 11) is 0. The van der Waals surface area contributed by atoms with Gasteiger partial charge in [0.2, 0.25) is 5.91 Å². The van der Waals surface area contributed by atoms with Crippen LogP contribution in [0.1, 0.15) is 45.4 Å². The minimum Gasteiger partial charge on any atom is -0.481 e. The lowest BCUT2D eigenvalue weighted by Gasteiger charge is -2.20. The average molecular weight is 287 g/mol. The van der Waals surface area contributed by atoms with E-state index in [0.717, 1.165) is 19.3 Å². The van der Waals surface area contributed by atoms with Crippen molar-refractivity contribution >= 4 is 23.6 Å². The van der Waals surface area contributed by atoms with Crippen LogP contribution in [-0.4, -0.2) is 35.0 Å². The van der Waals surface area contributed by atoms with Gasteiger partial charge in [-0.3, -0.25) is 9.59 Å². The van der Waals surface area contributed by atoms with Crippen molar-refractivity contribution in [1.82, 2.24) is 5.32 Å². The summed E-state index contributed by atoms with van der Waals surface area (Å²) in [6.07, 6.45) is 4.74. The molecule has 0 aliphatic carbocycles. The molecule has 1 aliphatic heterocycles. The maximum atomic E-state index is 11.7. The Hall–Kier alpha value is -0.710. The van der Waals surface area contributed by atoms with E-state index >= 15 is 0 Å². The first-order chi connectivity index (χ1) is 9.08. The van der Waals surface area contributed by atoms with Crippen molar-refractivity contribution in [1.29, 1.82) is 0 Å². The molecule has 0 radical (unpaired) electrons. The minimum absolute atomic E-state index is 0.155. The van der Waals surface area contributed by atoms with Crippen molar-refractivity contribution in [2.75, 3.05) is 18.1 Å². The molecule has 0 aromatic rings. The Kier molecular flexibility index (Phi) is 7.94. The number of carboxylic acids is 1. The summed E-state index contributed by atoms with van der Waals surface area (Å²) in [5, 5.41) is 11.5. The van der Waals surface area contributed by atoms with Gasteiger partial charge in [-0.25, -0.2) is 0 Å². The number of amides is 1. The molecule has 0 spiro atoms. The van der Waals surface area contributed by atoms with E-state index in [9.17, 15) is 9.59 Å². The van der Waals surface area contributed by atoms with E-state index in [0.29, 0.717) is 31.2 Å². The van der Waals surface area contributed by atoms with Gasteiger partial charge in [-0.15, -0.1) is 0 Å². The van der Waals surface area contributed by atoms with Crippen LogP contribution in [0, 0.1) is 11.8 Å². The van der Waals surface area contributed by atoms with Crippen LogP contribution in [0.5, 0.6) is 0 Å². The van der Waals surface area contributed by atoms with E-state index in [-0.39, 0.29) is 12.3 Å². The van der Waals surface area contributed by atoms with Gasteiger partial charge in [0.15, 0.2) is 0 Å². The highest BCUT2D eigenvalue weighted by atomic mass is 32.2. The molecule has 19 heavy (non-hydrogen) atoms. The minimum atomic E-state index is -0.744. The zero-order chi connectivity index (χ0) is 14.1. The molecule has 0 aromatic heterocycles. The summed E-state index contributed by atoms with van der Waals surface area (Å²) >= 11 is 1.98. The number of nitrogens with one attached hydrogen (secondary N) is 1. The fraction of sp³-hybridized carbons (Fsp3) is 0.857. The Balaban J connectivity index is 2.04. The van der Waals surface area contributed by atoms with Crippen LogP contribution < -0.4 is 5.32 Å². The Labute approximate surface area is 119 Å². The smallest absolute Gasteiger partial charge is 0.303 e. The molecular weight excluding hydrogens is 262 g/mol. The van der Waals surface area contributed by atoms with Gasteiger partial charge in [0.05, 0.1) is 0 Å².